The Hall–Kier alpha value is -1.46. The smallest absolute Gasteiger partial charge is 0.313 e. The predicted octanol–water partition coefficient (Wildman–Crippen LogP) is 2.32. The third-order valence-electron chi connectivity index (χ3n) is 3.26. The average Bonchev–Trinajstić information content (AvgIpc) is 2.44. The number of ether oxygens (including phenoxy) is 3. The van der Waals surface area contributed by atoms with Gasteiger partial charge in [-0.1, -0.05) is 6.07 Å². The summed E-state index contributed by atoms with van der Waals surface area (Å²) in [4.78, 5) is 11.8. The molecular formula is C14H22ClNO4. The monoisotopic (exact) mass is 303 g/mol. The molecule has 1 atom stereocenters. The van der Waals surface area contributed by atoms with E-state index < -0.39 is 11.5 Å². The summed E-state index contributed by atoms with van der Waals surface area (Å²) >= 11 is 0. The number of hydrogen-bond acceptors (Lipinski definition) is 5. The summed E-state index contributed by atoms with van der Waals surface area (Å²) in [5.74, 6) is 0.847. The minimum atomic E-state index is -0.825. The molecule has 1 aromatic rings. The van der Waals surface area contributed by atoms with Gasteiger partial charge < -0.3 is 19.9 Å². The maximum Gasteiger partial charge on any atom is 0.313 e. The van der Waals surface area contributed by atoms with Crippen molar-refractivity contribution in [3.8, 4) is 11.5 Å². The van der Waals surface area contributed by atoms with Crippen LogP contribution in [0.2, 0.25) is 0 Å². The van der Waals surface area contributed by atoms with Crippen LogP contribution in [0.25, 0.3) is 0 Å². The van der Waals surface area contributed by atoms with Crippen LogP contribution in [0.15, 0.2) is 18.2 Å². The predicted molar refractivity (Wildman–Crippen MR) is 79.5 cm³/mol. The highest BCUT2D eigenvalue weighted by Gasteiger charge is 2.36. The maximum absolute atomic E-state index is 11.8. The molecule has 0 aliphatic heterocycles. The second kappa shape index (κ2) is 7.36. The third kappa shape index (κ3) is 3.55. The van der Waals surface area contributed by atoms with Crippen molar-refractivity contribution < 1.29 is 19.0 Å². The van der Waals surface area contributed by atoms with Crippen LogP contribution in [-0.4, -0.2) is 27.3 Å². The maximum atomic E-state index is 11.8. The lowest BCUT2D eigenvalue weighted by Gasteiger charge is -2.29. The molecule has 5 nitrogen and oxygen atoms in total. The van der Waals surface area contributed by atoms with E-state index in [0.29, 0.717) is 11.5 Å². The van der Waals surface area contributed by atoms with Crippen molar-refractivity contribution in [1.82, 2.24) is 0 Å². The zero-order valence-electron chi connectivity index (χ0n) is 12.4. The van der Waals surface area contributed by atoms with E-state index in [1.807, 2.05) is 6.07 Å². The number of rotatable bonds is 5. The molecular weight excluding hydrogens is 282 g/mol. The summed E-state index contributed by atoms with van der Waals surface area (Å²) in [7, 11) is 4.47. The van der Waals surface area contributed by atoms with Gasteiger partial charge in [-0.2, -0.15) is 0 Å². The Kier molecular flexibility index (Phi) is 6.82. The molecule has 0 heterocycles. The number of esters is 1. The van der Waals surface area contributed by atoms with Crippen LogP contribution in [-0.2, 0) is 9.53 Å². The first-order chi connectivity index (χ1) is 8.88. The highest BCUT2D eigenvalue weighted by molar-refractivity contribution is 5.85. The van der Waals surface area contributed by atoms with Crippen molar-refractivity contribution in [3.05, 3.63) is 23.8 Å². The lowest BCUT2D eigenvalue weighted by molar-refractivity contribution is -0.152. The van der Waals surface area contributed by atoms with Gasteiger partial charge in [0.25, 0.3) is 0 Å². The summed E-state index contributed by atoms with van der Waals surface area (Å²) in [6, 6.07) is 4.85. The van der Waals surface area contributed by atoms with Gasteiger partial charge >= 0.3 is 5.97 Å². The van der Waals surface area contributed by atoms with Crippen molar-refractivity contribution >= 4 is 18.4 Å². The largest absolute Gasteiger partial charge is 0.493 e. The summed E-state index contributed by atoms with van der Waals surface area (Å²) < 4.78 is 15.2. The van der Waals surface area contributed by atoms with Crippen molar-refractivity contribution in [1.29, 1.82) is 0 Å². The van der Waals surface area contributed by atoms with Crippen molar-refractivity contribution in [2.75, 3.05) is 21.3 Å². The highest BCUT2D eigenvalue weighted by atomic mass is 35.5. The van der Waals surface area contributed by atoms with E-state index in [1.54, 1.807) is 40.2 Å². The molecule has 1 aromatic carbocycles. The van der Waals surface area contributed by atoms with E-state index >= 15 is 0 Å². The van der Waals surface area contributed by atoms with Crippen molar-refractivity contribution in [3.63, 3.8) is 0 Å². The van der Waals surface area contributed by atoms with Gasteiger partial charge in [-0.3, -0.25) is 4.79 Å². The fraction of sp³-hybridized carbons (Fsp3) is 0.500. The Labute approximate surface area is 125 Å². The van der Waals surface area contributed by atoms with Crippen LogP contribution in [0, 0.1) is 5.41 Å². The second-order valence-electron chi connectivity index (χ2n) is 4.81. The molecule has 0 aliphatic rings. The number of nitrogens with two attached hydrogens (primary N) is 1. The summed E-state index contributed by atoms with van der Waals surface area (Å²) in [6.07, 6.45) is 0. The van der Waals surface area contributed by atoms with Crippen LogP contribution < -0.4 is 15.2 Å². The summed E-state index contributed by atoms with van der Waals surface area (Å²) in [5.41, 5.74) is 6.13. The van der Waals surface area contributed by atoms with Gasteiger partial charge in [-0.05, 0) is 31.5 Å². The van der Waals surface area contributed by atoms with Gasteiger partial charge in [0.15, 0.2) is 11.5 Å². The molecule has 0 aliphatic carbocycles. The third-order valence-corrected chi connectivity index (χ3v) is 3.26. The molecule has 0 spiro atoms. The SMILES string of the molecule is COC(=O)C(C)(C)[C@@H](N)c1ccc(OC)c(OC)c1.Cl. The highest BCUT2D eigenvalue weighted by Crippen LogP contribution is 2.36. The number of halogens is 1. The van der Waals surface area contributed by atoms with Gasteiger partial charge in [0.2, 0.25) is 0 Å². The number of methoxy groups -OCH3 is 3. The molecule has 114 valence electrons. The minimum absolute atomic E-state index is 0. The normalized spacial score (nSPS) is 12.1. The van der Waals surface area contributed by atoms with Crippen LogP contribution in [0.4, 0.5) is 0 Å². The Balaban J connectivity index is 0.00000361. The lowest BCUT2D eigenvalue weighted by Crippen LogP contribution is -2.37. The van der Waals surface area contributed by atoms with Crippen molar-refractivity contribution in [2.45, 2.75) is 19.9 Å². The molecule has 0 aromatic heterocycles. The first kappa shape index (κ1) is 18.5. The first-order valence-electron chi connectivity index (χ1n) is 5.94. The van der Waals surface area contributed by atoms with Crippen LogP contribution in [0.5, 0.6) is 11.5 Å². The number of carbonyl (C=O) groups excluding carboxylic acids is 1. The molecule has 0 fully saturated rings. The van der Waals surface area contributed by atoms with Gasteiger partial charge in [-0.15, -0.1) is 12.4 Å². The Bertz CT molecular complexity index is 462. The lowest BCUT2D eigenvalue weighted by atomic mass is 9.81. The van der Waals surface area contributed by atoms with Crippen LogP contribution >= 0.6 is 12.4 Å². The molecule has 0 saturated heterocycles. The molecule has 1 rings (SSSR count). The minimum Gasteiger partial charge on any atom is -0.493 e. The molecule has 0 saturated carbocycles. The standard InChI is InChI=1S/C14H21NO4.ClH/c1-14(2,13(16)19-5)12(15)9-6-7-10(17-3)11(8-9)18-4;/h6-8,12H,15H2,1-5H3;1H/t12-;/m0./s1. The van der Waals surface area contributed by atoms with E-state index in [4.69, 9.17) is 19.9 Å². The second-order valence-corrected chi connectivity index (χ2v) is 4.81. The first-order valence-corrected chi connectivity index (χ1v) is 5.94. The summed E-state index contributed by atoms with van der Waals surface area (Å²) in [5, 5.41) is 0. The van der Waals surface area contributed by atoms with E-state index in [9.17, 15) is 4.79 Å². The fourth-order valence-corrected chi connectivity index (χ4v) is 1.85. The molecule has 0 bridgehead atoms. The Morgan fingerprint density at radius 2 is 1.70 bits per heavy atom. The van der Waals surface area contributed by atoms with Crippen LogP contribution in [0.1, 0.15) is 25.5 Å². The number of hydrogen-bond donors (Lipinski definition) is 1. The molecule has 0 amide bonds. The fourth-order valence-electron chi connectivity index (χ4n) is 1.85. The van der Waals surface area contributed by atoms with E-state index in [2.05, 4.69) is 0 Å². The van der Waals surface area contributed by atoms with E-state index in [-0.39, 0.29) is 18.4 Å². The Morgan fingerprint density at radius 3 is 2.15 bits per heavy atom. The zero-order valence-corrected chi connectivity index (χ0v) is 13.2. The summed E-state index contributed by atoms with van der Waals surface area (Å²) in [6.45, 7) is 3.50. The molecule has 0 unspecified atom stereocenters. The van der Waals surface area contributed by atoms with Gasteiger partial charge in [0.1, 0.15) is 0 Å². The number of carbonyl (C=O) groups is 1. The van der Waals surface area contributed by atoms with Gasteiger partial charge in [-0.25, -0.2) is 0 Å². The van der Waals surface area contributed by atoms with E-state index in [1.165, 1.54) is 7.11 Å². The molecule has 2 N–H and O–H groups in total. The molecule has 0 radical (unpaired) electrons. The van der Waals surface area contributed by atoms with E-state index in [0.717, 1.165) is 5.56 Å². The zero-order chi connectivity index (χ0) is 14.6. The topological polar surface area (TPSA) is 70.8 Å². The van der Waals surface area contributed by atoms with Crippen LogP contribution in [0.3, 0.4) is 0 Å². The van der Waals surface area contributed by atoms with Crippen molar-refractivity contribution in [2.24, 2.45) is 11.1 Å². The van der Waals surface area contributed by atoms with Gasteiger partial charge in [0.05, 0.1) is 26.7 Å². The molecule has 6 heteroatoms. The average molecular weight is 304 g/mol. The molecule has 20 heavy (non-hydrogen) atoms. The van der Waals surface area contributed by atoms with Gasteiger partial charge in [0, 0.05) is 6.04 Å². The number of benzene rings is 1. The quantitative estimate of drug-likeness (QED) is 0.845. The Morgan fingerprint density at radius 1 is 1.15 bits per heavy atom.